The Morgan fingerprint density at radius 1 is 0.914 bits per heavy atom. The summed E-state index contributed by atoms with van der Waals surface area (Å²) in [6, 6.07) is 20.0. The van der Waals surface area contributed by atoms with Crippen molar-refractivity contribution in [2.75, 3.05) is 14.2 Å². The van der Waals surface area contributed by atoms with E-state index < -0.39 is 0 Å². The van der Waals surface area contributed by atoms with Crippen LogP contribution in [0.3, 0.4) is 0 Å². The van der Waals surface area contributed by atoms with E-state index in [1.54, 1.807) is 20.3 Å². The second kappa shape index (κ2) is 9.34. The molecule has 8 heteroatoms. The Kier molecular flexibility index (Phi) is 5.93. The number of aromatic nitrogens is 3. The van der Waals surface area contributed by atoms with Gasteiger partial charge in [-0.3, -0.25) is 4.79 Å². The van der Waals surface area contributed by atoms with Crippen molar-refractivity contribution in [2.24, 2.45) is 0 Å². The number of nitrogens with one attached hydrogen (secondary N) is 1. The second-order valence-electron chi connectivity index (χ2n) is 7.83. The number of para-hydroxylation sites is 1. The van der Waals surface area contributed by atoms with E-state index in [1.807, 2.05) is 67.6 Å². The van der Waals surface area contributed by atoms with Crippen LogP contribution in [0.1, 0.15) is 11.5 Å². The van der Waals surface area contributed by atoms with Crippen LogP contribution >= 0.6 is 0 Å². The van der Waals surface area contributed by atoms with Gasteiger partial charge in [-0.1, -0.05) is 12.1 Å². The van der Waals surface area contributed by atoms with Gasteiger partial charge in [-0.05, 0) is 61.5 Å². The highest BCUT2D eigenvalue weighted by molar-refractivity contribution is 5.79. The lowest BCUT2D eigenvalue weighted by molar-refractivity contribution is 0.299. The standard InChI is InChI=1S/C27H23N3O5/c1-16-23(29-27(35-16)21-14-19(32-2)12-13-24(21)33-3)15-34-18-10-8-17(9-11-18)25-28-22-7-5-4-6-20(22)26(31)30-25/h4-14H,15H2,1-3H3,(H,28,30,31). The summed E-state index contributed by atoms with van der Waals surface area (Å²) < 4.78 is 22.6. The third-order valence-electron chi connectivity index (χ3n) is 5.65. The molecule has 2 aromatic heterocycles. The number of methoxy groups -OCH3 is 2. The van der Waals surface area contributed by atoms with Gasteiger partial charge in [0.1, 0.15) is 41.1 Å². The molecule has 8 nitrogen and oxygen atoms in total. The van der Waals surface area contributed by atoms with Crippen LogP contribution in [0.2, 0.25) is 0 Å². The molecular formula is C27H23N3O5. The molecule has 0 saturated carbocycles. The first-order chi connectivity index (χ1) is 17.1. The highest BCUT2D eigenvalue weighted by atomic mass is 16.5. The minimum atomic E-state index is -0.170. The fourth-order valence-corrected chi connectivity index (χ4v) is 3.74. The van der Waals surface area contributed by atoms with Crippen LogP contribution in [-0.4, -0.2) is 29.2 Å². The number of hydrogen-bond acceptors (Lipinski definition) is 7. The molecule has 0 fully saturated rings. The lowest BCUT2D eigenvalue weighted by Gasteiger charge is -2.07. The van der Waals surface area contributed by atoms with Crippen LogP contribution < -0.4 is 19.8 Å². The number of aromatic amines is 1. The van der Waals surface area contributed by atoms with Crippen LogP contribution in [0.4, 0.5) is 0 Å². The molecule has 0 aliphatic heterocycles. The normalized spacial score (nSPS) is 10.9. The molecule has 0 atom stereocenters. The molecule has 0 aliphatic rings. The SMILES string of the molecule is COc1ccc(OC)c(-c2nc(COc3ccc(-c4nc5ccccc5c(=O)[nH]4)cc3)c(C)o2)c1. The number of aryl methyl sites for hydroxylation is 1. The smallest absolute Gasteiger partial charge is 0.259 e. The Bertz CT molecular complexity index is 1550. The van der Waals surface area contributed by atoms with E-state index in [0.29, 0.717) is 56.9 Å². The van der Waals surface area contributed by atoms with Gasteiger partial charge in [0.05, 0.1) is 30.7 Å². The van der Waals surface area contributed by atoms with E-state index in [0.717, 1.165) is 5.56 Å². The first-order valence-electron chi connectivity index (χ1n) is 11.0. The quantitative estimate of drug-likeness (QED) is 0.352. The minimum Gasteiger partial charge on any atom is -0.497 e. The van der Waals surface area contributed by atoms with Crippen molar-refractivity contribution in [2.45, 2.75) is 13.5 Å². The van der Waals surface area contributed by atoms with E-state index in [-0.39, 0.29) is 12.2 Å². The summed E-state index contributed by atoms with van der Waals surface area (Å²) >= 11 is 0. The molecule has 5 aromatic rings. The number of oxazole rings is 1. The Hall–Kier alpha value is -4.59. The van der Waals surface area contributed by atoms with Gasteiger partial charge < -0.3 is 23.6 Å². The van der Waals surface area contributed by atoms with Crippen molar-refractivity contribution < 1.29 is 18.6 Å². The summed E-state index contributed by atoms with van der Waals surface area (Å²) in [6.45, 7) is 2.07. The summed E-state index contributed by atoms with van der Waals surface area (Å²) in [5, 5.41) is 0.560. The molecule has 0 spiro atoms. The minimum absolute atomic E-state index is 0.170. The Balaban J connectivity index is 1.33. The summed E-state index contributed by atoms with van der Waals surface area (Å²) in [6.07, 6.45) is 0. The molecule has 0 bridgehead atoms. The van der Waals surface area contributed by atoms with Crippen molar-refractivity contribution in [1.82, 2.24) is 15.0 Å². The number of rotatable bonds is 7. The molecule has 0 aliphatic carbocycles. The number of hydrogen-bond donors (Lipinski definition) is 1. The van der Waals surface area contributed by atoms with Gasteiger partial charge in [-0.2, -0.15) is 0 Å². The molecule has 0 amide bonds. The number of benzene rings is 3. The zero-order valence-electron chi connectivity index (χ0n) is 19.5. The Morgan fingerprint density at radius 3 is 2.46 bits per heavy atom. The largest absolute Gasteiger partial charge is 0.497 e. The molecule has 0 saturated heterocycles. The molecule has 3 aromatic carbocycles. The number of ether oxygens (including phenoxy) is 3. The predicted molar refractivity (Wildman–Crippen MR) is 132 cm³/mol. The van der Waals surface area contributed by atoms with Gasteiger partial charge in [0.15, 0.2) is 0 Å². The van der Waals surface area contributed by atoms with Crippen molar-refractivity contribution in [3.05, 3.63) is 88.5 Å². The van der Waals surface area contributed by atoms with Crippen LogP contribution in [0.15, 0.2) is 75.9 Å². The maximum absolute atomic E-state index is 12.4. The number of nitrogens with zero attached hydrogens (tertiary/aromatic N) is 2. The van der Waals surface area contributed by atoms with Crippen molar-refractivity contribution in [1.29, 1.82) is 0 Å². The summed E-state index contributed by atoms with van der Waals surface area (Å²) in [5.74, 6) is 3.55. The average molecular weight is 469 g/mol. The third kappa shape index (κ3) is 4.46. The van der Waals surface area contributed by atoms with Crippen LogP contribution in [-0.2, 0) is 6.61 Å². The lowest BCUT2D eigenvalue weighted by Crippen LogP contribution is -2.09. The van der Waals surface area contributed by atoms with Crippen molar-refractivity contribution >= 4 is 10.9 Å². The molecule has 35 heavy (non-hydrogen) atoms. The monoisotopic (exact) mass is 469 g/mol. The predicted octanol–water partition coefficient (Wildman–Crippen LogP) is 5.15. The van der Waals surface area contributed by atoms with E-state index in [2.05, 4.69) is 15.0 Å². The highest BCUT2D eigenvalue weighted by Gasteiger charge is 2.17. The zero-order chi connectivity index (χ0) is 24.4. The van der Waals surface area contributed by atoms with Crippen LogP contribution in [0.25, 0.3) is 33.7 Å². The van der Waals surface area contributed by atoms with Crippen LogP contribution in [0.5, 0.6) is 17.2 Å². The third-order valence-corrected chi connectivity index (χ3v) is 5.65. The van der Waals surface area contributed by atoms with Gasteiger partial charge in [-0.15, -0.1) is 0 Å². The topological polar surface area (TPSA) is 99.5 Å². The number of H-pyrrole nitrogens is 1. The molecule has 0 radical (unpaired) electrons. The molecule has 0 unspecified atom stereocenters. The van der Waals surface area contributed by atoms with E-state index >= 15 is 0 Å². The lowest BCUT2D eigenvalue weighted by atomic mass is 10.2. The van der Waals surface area contributed by atoms with E-state index in [4.69, 9.17) is 18.6 Å². The Morgan fingerprint density at radius 2 is 1.69 bits per heavy atom. The average Bonchev–Trinajstić information content (AvgIpc) is 3.27. The van der Waals surface area contributed by atoms with Crippen molar-refractivity contribution in [3.8, 4) is 40.1 Å². The van der Waals surface area contributed by atoms with Crippen molar-refractivity contribution in [3.63, 3.8) is 0 Å². The first kappa shape index (κ1) is 22.2. The fraction of sp³-hybridized carbons (Fsp3) is 0.148. The Labute approximate surface area is 201 Å². The van der Waals surface area contributed by atoms with E-state index in [9.17, 15) is 4.79 Å². The number of fused-ring (bicyclic) bond motifs is 1. The fourth-order valence-electron chi connectivity index (χ4n) is 3.74. The molecule has 1 N–H and O–H groups in total. The van der Waals surface area contributed by atoms with Gasteiger partial charge in [0, 0.05) is 5.56 Å². The maximum atomic E-state index is 12.4. The second-order valence-corrected chi connectivity index (χ2v) is 7.83. The highest BCUT2D eigenvalue weighted by Crippen LogP contribution is 2.34. The first-order valence-corrected chi connectivity index (χ1v) is 11.0. The van der Waals surface area contributed by atoms with Gasteiger partial charge >= 0.3 is 0 Å². The van der Waals surface area contributed by atoms with Gasteiger partial charge in [0.2, 0.25) is 5.89 Å². The molecular weight excluding hydrogens is 446 g/mol. The maximum Gasteiger partial charge on any atom is 0.259 e. The van der Waals surface area contributed by atoms with E-state index in [1.165, 1.54) is 0 Å². The van der Waals surface area contributed by atoms with Crippen LogP contribution in [0, 0.1) is 6.92 Å². The van der Waals surface area contributed by atoms with Gasteiger partial charge in [-0.25, -0.2) is 9.97 Å². The molecule has 2 heterocycles. The summed E-state index contributed by atoms with van der Waals surface area (Å²) in [7, 11) is 3.20. The molecule has 176 valence electrons. The molecule has 5 rings (SSSR count). The zero-order valence-corrected chi connectivity index (χ0v) is 19.5. The summed E-state index contributed by atoms with van der Waals surface area (Å²) in [5.41, 5.74) is 2.63. The summed E-state index contributed by atoms with van der Waals surface area (Å²) in [4.78, 5) is 24.4. The van der Waals surface area contributed by atoms with Gasteiger partial charge in [0.25, 0.3) is 5.56 Å².